The van der Waals surface area contributed by atoms with Crippen LogP contribution in [0.15, 0.2) is 29.2 Å². The quantitative estimate of drug-likeness (QED) is 0.530. The zero-order valence-corrected chi connectivity index (χ0v) is 19.1. The van der Waals surface area contributed by atoms with Crippen LogP contribution in [0.25, 0.3) is 0 Å². The summed E-state index contributed by atoms with van der Waals surface area (Å²) in [5.74, 6) is -3.43. The average molecular weight is 514 g/mol. The minimum absolute atomic E-state index is 0.0570. The fraction of sp³-hybridized carbons (Fsp3) is 0.600. The van der Waals surface area contributed by atoms with Crippen LogP contribution in [-0.4, -0.2) is 92.8 Å². The van der Waals surface area contributed by atoms with Gasteiger partial charge in [0.25, 0.3) is 0 Å². The minimum Gasteiger partial charge on any atom is -0.475 e. The molecule has 2 aliphatic heterocycles. The molecule has 0 aliphatic carbocycles. The van der Waals surface area contributed by atoms with E-state index in [0.717, 1.165) is 32.0 Å². The van der Waals surface area contributed by atoms with Gasteiger partial charge in [-0.1, -0.05) is 6.07 Å². The van der Waals surface area contributed by atoms with Crippen LogP contribution in [0.3, 0.4) is 0 Å². The number of aliphatic carboxylic acids is 1. The summed E-state index contributed by atoms with van der Waals surface area (Å²) in [6.45, 7) is 3.58. The summed E-state index contributed by atoms with van der Waals surface area (Å²) in [7, 11) is -3.91. The summed E-state index contributed by atoms with van der Waals surface area (Å²) in [5.41, 5.74) is 0. The van der Waals surface area contributed by atoms with E-state index in [2.05, 4.69) is 5.32 Å². The van der Waals surface area contributed by atoms with Gasteiger partial charge >= 0.3 is 12.1 Å². The van der Waals surface area contributed by atoms with Gasteiger partial charge in [-0.3, -0.25) is 4.79 Å². The molecular weight excluding hydrogens is 486 g/mol. The van der Waals surface area contributed by atoms with Gasteiger partial charge < -0.3 is 20.1 Å². The van der Waals surface area contributed by atoms with Gasteiger partial charge in [-0.15, -0.1) is 0 Å². The third kappa shape index (κ3) is 8.49. The highest BCUT2D eigenvalue weighted by Crippen LogP contribution is 2.21. The van der Waals surface area contributed by atoms with E-state index < -0.39 is 28.0 Å². The summed E-state index contributed by atoms with van der Waals surface area (Å²) >= 11 is 0. The van der Waals surface area contributed by atoms with Crippen LogP contribution < -0.4 is 5.32 Å². The molecule has 1 unspecified atom stereocenters. The summed E-state index contributed by atoms with van der Waals surface area (Å²) in [4.78, 5) is 23.0. The predicted octanol–water partition coefficient (Wildman–Crippen LogP) is 1.45. The Morgan fingerprint density at radius 3 is 2.41 bits per heavy atom. The average Bonchev–Trinajstić information content (AvgIpc) is 3.30. The van der Waals surface area contributed by atoms with E-state index in [4.69, 9.17) is 14.6 Å². The van der Waals surface area contributed by atoms with Crippen LogP contribution in [0, 0.1) is 5.82 Å². The fourth-order valence-electron chi connectivity index (χ4n) is 3.39. The van der Waals surface area contributed by atoms with Crippen LogP contribution in [0.5, 0.6) is 0 Å². The van der Waals surface area contributed by atoms with E-state index in [1.165, 1.54) is 22.5 Å². The molecule has 2 N–H and O–H groups in total. The van der Waals surface area contributed by atoms with Gasteiger partial charge in [0.15, 0.2) is 0 Å². The molecule has 1 amide bonds. The number of halogens is 4. The number of hydrogen-bond acceptors (Lipinski definition) is 6. The molecule has 9 nitrogen and oxygen atoms in total. The van der Waals surface area contributed by atoms with E-state index in [9.17, 15) is 30.8 Å². The topological polar surface area (TPSA) is 116 Å². The van der Waals surface area contributed by atoms with E-state index in [-0.39, 0.29) is 36.4 Å². The van der Waals surface area contributed by atoms with Gasteiger partial charge in [0.1, 0.15) is 5.82 Å². The number of nitrogens with one attached hydrogen (secondary N) is 1. The second-order valence-corrected chi connectivity index (χ2v) is 9.58. The van der Waals surface area contributed by atoms with E-state index in [0.29, 0.717) is 19.7 Å². The van der Waals surface area contributed by atoms with Crippen LogP contribution in [-0.2, 0) is 24.3 Å². The van der Waals surface area contributed by atoms with Crippen molar-refractivity contribution in [2.75, 3.05) is 45.9 Å². The first kappa shape index (κ1) is 28.0. The van der Waals surface area contributed by atoms with Gasteiger partial charge in [0, 0.05) is 52.3 Å². The van der Waals surface area contributed by atoms with Crippen molar-refractivity contribution in [1.29, 1.82) is 0 Å². The number of ether oxygens (including phenoxy) is 1. The Bertz CT molecular complexity index is 932. The van der Waals surface area contributed by atoms with Gasteiger partial charge in [-0.2, -0.15) is 17.5 Å². The number of carbonyl (C=O) groups is 2. The zero-order valence-electron chi connectivity index (χ0n) is 18.3. The molecule has 192 valence electrons. The number of piperazine rings is 1. The van der Waals surface area contributed by atoms with Crippen LogP contribution >= 0.6 is 0 Å². The van der Waals surface area contributed by atoms with Crippen molar-refractivity contribution in [3.63, 3.8) is 0 Å². The molecule has 0 bridgehead atoms. The molecule has 0 spiro atoms. The lowest BCUT2D eigenvalue weighted by molar-refractivity contribution is -0.192. The number of hydrogen-bond donors (Lipinski definition) is 2. The molecule has 0 saturated carbocycles. The zero-order chi connectivity index (χ0) is 25.4. The maximum atomic E-state index is 13.5. The highest BCUT2D eigenvalue weighted by Gasteiger charge is 2.38. The molecule has 34 heavy (non-hydrogen) atoms. The molecule has 14 heteroatoms. The first-order valence-electron chi connectivity index (χ1n) is 10.6. The lowest BCUT2D eigenvalue weighted by Crippen LogP contribution is -2.47. The van der Waals surface area contributed by atoms with Crippen molar-refractivity contribution < 1.29 is 45.4 Å². The van der Waals surface area contributed by atoms with Gasteiger partial charge in [-0.05, 0) is 31.0 Å². The maximum absolute atomic E-state index is 13.5. The first-order valence-corrected chi connectivity index (χ1v) is 12.0. The molecule has 2 heterocycles. The number of alkyl halides is 3. The fourth-order valence-corrected chi connectivity index (χ4v) is 4.90. The van der Waals surface area contributed by atoms with Gasteiger partial charge in [-0.25, -0.2) is 17.6 Å². The number of sulfonamides is 1. The highest BCUT2D eigenvalue weighted by atomic mass is 32.2. The van der Waals surface area contributed by atoms with Crippen molar-refractivity contribution in [2.24, 2.45) is 0 Å². The molecule has 1 aromatic rings. The van der Waals surface area contributed by atoms with Crippen molar-refractivity contribution in [2.45, 2.75) is 36.4 Å². The third-order valence-electron chi connectivity index (χ3n) is 5.15. The predicted molar refractivity (Wildman–Crippen MR) is 112 cm³/mol. The van der Waals surface area contributed by atoms with Crippen LogP contribution in [0.4, 0.5) is 17.6 Å². The molecule has 3 rings (SSSR count). The lowest BCUT2D eigenvalue weighted by atomic mass is 10.2. The number of rotatable bonds is 7. The molecule has 1 aromatic carbocycles. The second-order valence-electron chi connectivity index (χ2n) is 7.64. The standard InChI is InChI=1S/C18H26FN3O4S.C2HF3O2/c19-15-3-1-5-17(13-15)27(24,25)22(14-16-4-2-12-26-16)9-6-18(23)21-10-7-20-8-11-21;3-2(4,5)1(6)7/h1,3,5,13,16,20H,2,4,6-12,14H2;(H,6,7). The van der Waals surface area contributed by atoms with E-state index >= 15 is 0 Å². The summed E-state index contributed by atoms with van der Waals surface area (Å²) in [5, 5.41) is 10.3. The monoisotopic (exact) mass is 513 g/mol. The molecule has 1 atom stereocenters. The van der Waals surface area contributed by atoms with Crippen LogP contribution in [0.2, 0.25) is 0 Å². The maximum Gasteiger partial charge on any atom is 0.490 e. The van der Waals surface area contributed by atoms with Crippen LogP contribution in [0.1, 0.15) is 19.3 Å². The number of benzene rings is 1. The SMILES string of the molecule is O=C(CCN(CC1CCCO1)S(=O)(=O)c1cccc(F)c1)N1CCNCC1.O=C(O)C(F)(F)F. The Labute approximate surface area is 194 Å². The highest BCUT2D eigenvalue weighted by molar-refractivity contribution is 7.89. The van der Waals surface area contributed by atoms with Crippen molar-refractivity contribution in [3.05, 3.63) is 30.1 Å². The van der Waals surface area contributed by atoms with Gasteiger partial charge in [0.2, 0.25) is 15.9 Å². The molecule has 0 radical (unpaired) electrons. The van der Waals surface area contributed by atoms with E-state index in [1.54, 1.807) is 4.90 Å². The number of nitrogens with zero attached hydrogens (tertiary/aromatic N) is 2. The van der Waals surface area contributed by atoms with Gasteiger partial charge in [0.05, 0.1) is 11.0 Å². The Morgan fingerprint density at radius 1 is 1.24 bits per heavy atom. The molecule has 2 fully saturated rings. The third-order valence-corrected chi connectivity index (χ3v) is 7.01. The summed E-state index contributed by atoms with van der Waals surface area (Å²) < 4.78 is 78.2. The number of amides is 1. The number of carboxylic acids is 1. The Kier molecular flexibility index (Phi) is 10.2. The molecular formula is C20H27F4N3O6S. The Hall–Kier alpha value is -2.29. The largest absolute Gasteiger partial charge is 0.490 e. The van der Waals surface area contributed by atoms with Crippen molar-refractivity contribution in [1.82, 2.24) is 14.5 Å². The lowest BCUT2D eigenvalue weighted by Gasteiger charge is -2.29. The van der Waals surface area contributed by atoms with Crippen molar-refractivity contribution >= 4 is 21.9 Å². The van der Waals surface area contributed by atoms with Crippen molar-refractivity contribution in [3.8, 4) is 0 Å². The van der Waals surface area contributed by atoms with E-state index in [1.807, 2.05) is 0 Å². The number of carboxylic acid groups (broad SMARTS) is 1. The smallest absolute Gasteiger partial charge is 0.475 e. The summed E-state index contributed by atoms with van der Waals surface area (Å²) in [6, 6.07) is 4.96. The summed E-state index contributed by atoms with van der Waals surface area (Å²) in [6.07, 6.45) is -3.51. The molecule has 2 saturated heterocycles. The second kappa shape index (κ2) is 12.4. The first-order chi connectivity index (χ1) is 15.9. The molecule has 0 aromatic heterocycles. The number of carbonyl (C=O) groups excluding carboxylic acids is 1. The normalized spacial score (nSPS) is 19.0. The molecule has 2 aliphatic rings. The minimum atomic E-state index is -5.08. The Morgan fingerprint density at radius 2 is 1.88 bits per heavy atom. The Balaban J connectivity index is 0.000000509.